The van der Waals surface area contributed by atoms with E-state index >= 15 is 0 Å². The largest absolute Gasteiger partial charge is 0.330 e. The van der Waals surface area contributed by atoms with Crippen LogP contribution < -0.4 is 0 Å². The van der Waals surface area contributed by atoms with E-state index in [-0.39, 0.29) is 0 Å². The molecular formula is C21H34F2O3. The number of halogens is 2. The highest BCUT2D eigenvalue weighted by atomic mass is 19.1. The van der Waals surface area contributed by atoms with Crippen LogP contribution in [0.25, 0.3) is 0 Å². The molecule has 0 saturated carbocycles. The van der Waals surface area contributed by atoms with Gasteiger partial charge in [0.05, 0.1) is 6.10 Å². The van der Waals surface area contributed by atoms with E-state index in [9.17, 15) is 8.78 Å². The van der Waals surface area contributed by atoms with Crippen LogP contribution in [-0.4, -0.2) is 19.7 Å². The lowest BCUT2D eigenvalue weighted by atomic mass is 10.0. The molecule has 26 heavy (non-hydrogen) atoms. The Morgan fingerprint density at radius 2 is 1.46 bits per heavy atom. The minimum Gasteiger partial charge on any atom is -0.330 e. The fourth-order valence-corrected chi connectivity index (χ4v) is 2.88. The molecule has 0 saturated heterocycles. The summed E-state index contributed by atoms with van der Waals surface area (Å²) in [4.78, 5) is 0. The average molecular weight is 372 g/mol. The van der Waals surface area contributed by atoms with Crippen molar-refractivity contribution in [3.8, 4) is 0 Å². The van der Waals surface area contributed by atoms with Gasteiger partial charge in [0.1, 0.15) is 11.6 Å². The smallest absolute Gasteiger partial charge is 0.272 e. The van der Waals surface area contributed by atoms with Crippen molar-refractivity contribution in [1.29, 1.82) is 0 Å². The first-order chi connectivity index (χ1) is 12.6. The van der Waals surface area contributed by atoms with Gasteiger partial charge < -0.3 is 14.2 Å². The van der Waals surface area contributed by atoms with Gasteiger partial charge in [0.15, 0.2) is 0 Å². The van der Waals surface area contributed by atoms with Gasteiger partial charge in [0.2, 0.25) is 0 Å². The summed E-state index contributed by atoms with van der Waals surface area (Å²) in [6.45, 7) is 5.91. The molecule has 0 bridgehead atoms. The number of hydrogen-bond acceptors (Lipinski definition) is 3. The molecule has 150 valence electrons. The van der Waals surface area contributed by atoms with Crippen LogP contribution in [0.2, 0.25) is 0 Å². The SMILES string of the molecule is CCCCCCCCCC(OC(OCC)OCC)c1ccc(F)cc1F. The molecule has 0 heterocycles. The van der Waals surface area contributed by atoms with Gasteiger partial charge in [-0.25, -0.2) is 8.78 Å². The van der Waals surface area contributed by atoms with E-state index in [4.69, 9.17) is 14.2 Å². The molecule has 1 atom stereocenters. The number of benzene rings is 1. The van der Waals surface area contributed by atoms with Crippen LogP contribution in [0.5, 0.6) is 0 Å². The van der Waals surface area contributed by atoms with Gasteiger partial charge in [-0.15, -0.1) is 0 Å². The Balaban J connectivity index is 2.65. The summed E-state index contributed by atoms with van der Waals surface area (Å²) in [7, 11) is 0. The van der Waals surface area contributed by atoms with Crippen LogP contribution in [0, 0.1) is 11.6 Å². The molecule has 0 aliphatic heterocycles. The van der Waals surface area contributed by atoms with Crippen molar-refractivity contribution in [2.45, 2.75) is 84.7 Å². The van der Waals surface area contributed by atoms with Gasteiger partial charge in [-0.1, -0.05) is 57.9 Å². The number of ether oxygens (including phenoxy) is 3. The van der Waals surface area contributed by atoms with Crippen LogP contribution in [0.4, 0.5) is 8.78 Å². The lowest BCUT2D eigenvalue weighted by Crippen LogP contribution is -2.24. The summed E-state index contributed by atoms with van der Waals surface area (Å²) in [5, 5.41) is 0. The number of rotatable bonds is 15. The van der Waals surface area contributed by atoms with E-state index in [1.165, 1.54) is 44.2 Å². The Morgan fingerprint density at radius 1 is 0.846 bits per heavy atom. The molecule has 0 aromatic heterocycles. The monoisotopic (exact) mass is 372 g/mol. The second-order valence-electron chi connectivity index (χ2n) is 6.40. The fourth-order valence-electron chi connectivity index (χ4n) is 2.88. The summed E-state index contributed by atoms with van der Waals surface area (Å²) >= 11 is 0. The summed E-state index contributed by atoms with van der Waals surface area (Å²) in [5.74, 6) is -1.18. The Hall–Kier alpha value is -1.04. The maximum Gasteiger partial charge on any atom is 0.272 e. The molecule has 0 fully saturated rings. The lowest BCUT2D eigenvalue weighted by molar-refractivity contribution is -0.304. The zero-order valence-electron chi connectivity index (χ0n) is 16.4. The van der Waals surface area contributed by atoms with E-state index in [1.54, 1.807) is 0 Å². The van der Waals surface area contributed by atoms with Crippen molar-refractivity contribution in [2.75, 3.05) is 13.2 Å². The molecule has 1 rings (SSSR count). The highest BCUT2D eigenvalue weighted by Crippen LogP contribution is 2.29. The summed E-state index contributed by atoms with van der Waals surface area (Å²) in [6.07, 6.45) is 8.27. The van der Waals surface area contributed by atoms with Gasteiger partial charge in [0.25, 0.3) is 6.48 Å². The second kappa shape index (κ2) is 14.1. The van der Waals surface area contributed by atoms with Crippen LogP contribution in [0.15, 0.2) is 18.2 Å². The molecule has 1 unspecified atom stereocenters. The van der Waals surface area contributed by atoms with Crippen LogP contribution in [0.1, 0.15) is 83.8 Å². The van der Waals surface area contributed by atoms with E-state index in [2.05, 4.69) is 6.92 Å². The molecule has 1 aromatic rings. The molecule has 0 radical (unpaired) electrons. The molecule has 0 aliphatic rings. The maximum atomic E-state index is 14.2. The molecule has 1 aromatic carbocycles. The minimum absolute atomic E-state index is 0.349. The van der Waals surface area contributed by atoms with Gasteiger partial charge in [0, 0.05) is 24.8 Å². The lowest BCUT2D eigenvalue weighted by Gasteiger charge is -2.25. The third kappa shape index (κ3) is 9.06. The molecule has 0 aliphatic carbocycles. The molecular weight excluding hydrogens is 338 g/mol. The van der Waals surface area contributed by atoms with Crippen molar-refractivity contribution in [3.63, 3.8) is 0 Å². The first-order valence-corrected chi connectivity index (χ1v) is 9.95. The fraction of sp³-hybridized carbons (Fsp3) is 0.714. The molecule has 0 N–H and O–H groups in total. The van der Waals surface area contributed by atoms with Crippen LogP contribution >= 0.6 is 0 Å². The summed E-state index contributed by atoms with van der Waals surface area (Å²) in [5.41, 5.74) is 0.349. The topological polar surface area (TPSA) is 27.7 Å². The van der Waals surface area contributed by atoms with Gasteiger partial charge in [-0.05, 0) is 26.3 Å². The van der Waals surface area contributed by atoms with Gasteiger partial charge in [-0.3, -0.25) is 0 Å². The van der Waals surface area contributed by atoms with Gasteiger partial charge in [-0.2, -0.15) is 0 Å². The van der Waals surface area contributed by atoms with Crippen molar-refractivity contribution >= 4 is 0 Å². The second-order valence-corrected chi connectivity index (χ2v) is 6.40. The Morgan fingerprint density at radius 3 is 2.04 bits per heavy atom. The standard InChI is InChI=1S/C21H34F2O3/c1-4-7-8-9-10-11-12-13-20(26-21(24-5-2)25-6-3)18-15-14-17(22)16-19(18)23/h14-16,20-21H,4-13H2,1-3H3. The molecule has 5 heteroatoms. The van der Waals surface area contributed by atoms with Crippen molar-refractivity contribution in [1.82, 2.24) is 0 Å². The highest BCUT2D eigenvalue weighted by Gasteiger charge is 2.22. The highest BCUT2D eigenvalue weighted by molar-refractivity contribution is 5.21. The number of hydrogen-bond donors (Lipinski definition) is 0. The van der Waals surface area contributed by atoms with E-state index in [0.717, 1.165) is 18.9 Å². The van der Waals surface area contributed by atoms with Crippen molar-refractivity contribution < 1.29 is 23.0 Å². The first kappa shape index (κ1) is 23.0. The first-order valence-electron chi connectivity index (χ1n) is 9.95. The Bertz CT molecular complexity index is 476. The molecule has 0 amide bonds. The maximum absolute atomic E-state index is 14.2. The van der Waals surface area contributed by atoms with Crippen LogP contribution in [-0.2, 0) is 14.2 Å². The normalized spacial score (nSPS) is 12.7. The van der Waals surface area contributed by atoms with Gasteiger partial charge >= 0.3 is 0 Å². The van der Waals surface area contributed by atoms with E-state index < -0.39 is 24.2 Å². The summed E-state index contributed by atoms with van der Waals surface area (Å²) < 4.78 is 44.2. The van der Waals surface area contributed by atoms with Crippen molar-refractivity contribution in [3.05, 3.63) is 35.4 Å². The van der Waals surface area contributed by atoms with E-state index in [1.807, 2.05) is 13.8 Å². The van der Waals surface area contributed by atoms with Crippen LogP contribution in [0.3, 0.4) is 0 Å². The third-order valence-corrected chi connectivity index (χ3v) is 4.26. The number of unbranched alkanes of at least 4 members (excludes halogenated alkanes) is 6. The van der Waals surface area contributed by atoms with Crippen molar-refractivity contribution in [2.24, 2.45) is 0 Å². The zero-order valence-corrected chi connectivity index (χ0v) is 16.4. The predicted octanol–water partition coefficient (Wildman–Crippen LogP) is 6.52. The Kier molecular flexibility index (Phi) is 12.4. The third-order valence-electron chi connectivity index (χ3n) is 4.26. The van der Waals surface area contributed by atoms with E-state index in [0.29, 0.717) is 25.2 Å². The predicted molar refractivity (Wildman–Crippen MR) is 99.8 cm³/mol. The Labute approximate surface area is 157 Å². The average Bonchev–Trinajstić information content (AvgIpc) is 2.60. The quantitative estimate of drug-likeness (QED) is 0.259. The zero-order chi connectivity index (χ0) is 19.2. The molecule has 0 spiro atoms. The summed E-state index contributed by atoms with van der Waals surface area (Å²) in [6, 6.07) is 3.61. The molecule has 3 nitrogen and oxygen atoms in total. The minimum atomic E-state index is -0.844.